The van der Waals surface area contributed by atoms with Crippen molar-refractivity contribution in [2.24, 2.45) is 5.92 Å². The molecule has 1 aliphatic rings. The number of anilines is 1. The van der Waals surface area contributed by atoms with Crippen molar-refractivity contribution >= 4 is 21.6 Å². The van der Waals surface area contributed by atoms with Crippen molar-refractivity contribution in [2.45, 2.75) is 44.8 Å². The Morgan fingerprint density at radius 2 is 1.79 bits per heavy atom. The second kappa shape index (κ2) is 8.27. The minimum Gasteiger partial charge on any atom is -0.349 e. The van der Waals surface area contributed by atoms with Crippen LogP contribution in [0.4, 0.5) is 27.6 Å². The normalized spacial score (nSPS) is 21.4. The van der Waals surface area contributed by atoms with Gasteiger partial charge in [-0.05, 0) is 55.7 Å². The van der Waals surface area contributed by atoms with Crippen LogP contribution in [-0.2, 0) is 26.4 Å². The molecular weight excluding hydrogens is 467 g/mol. The standard InChI is InChI=1S/C22H23F5N2O3S/c1-11-7-14(17(23)9-19(11)29-33(4,31)32)12(2)28-20(30)16-10-21(16,3)13-5-6-15(18(24)8-13)22(25,26)27/h5-9,12,16,29H,10H2,1-4H3,(H,28,30)/t12-,16?,21?/m1/s1. The molecule has 0 bridgehead atoms. The van der Waals surface area contributed by atoms with Crippen LogP contribution in [-0.4, -0.2) is 20.6 Å². The van der Waals surface area contributed by atoms with Crippen LogP contribution in [0.5, 0.6) is 0 Å². The average molecular weight is 490 g/mol. The van der Waals surface area contributed by atoms with E-state index in [1.54, 1.807) is 20.8 Å². The second-order valence-corrected chi connectivity index (χ2v) is 10.4. The molecule has 180 valence electrons. The van der Waals surface area contributed by atoms with E-state index in [4.69, 9.17) is 0 Å². The molecule has 1 amide bonds. The predicted octanol–water partition coefficient (Wildman–Crippen LogP) is 4.82. The highest BCUT2D eigenvalue weighted by molar-refractivity contribution is 7.92. The predicted molar refractivity (Wildman–Crippen MR) is 113 cm³/mol. The maximum atomic E-state index is 14.6. The quantitative estimate of drug-likeness (QED) is 0.571. The Bertz CT molecular complexity index is 1210. The summed E-state index contributed by atoms with van der Waals surface area (Å²) in [5.41, 5.74) is -1.26. The summed E-state index contributed by atoms with van der Waals surface area (Å²) in [7, 11) is -3.60. The lowest BCUT2D eigenvalue weighted by atomic mass is 9.93. The number of hydrogen-bond acceptors (Lipinski definition) is 3. The van der Waals surface area contributed by atoms with Crippen LogP contribution < -0.4 is 10.0 Å². The zero-order chi connectivity index (χ0) is 24.9. The van der Waals surface area contributed by atoms with Crippen LogP contribution in [0.1, 0.15) is 48.6 Å². The molecule has 3 rings (SSSR count). The van der Waals surface area contributed by atoms with Crippen LogP contribution in [0.2, 0.25) is 0 Å². The topological polar surface area (TPSA) is 75.3 Å². The molecule has 0 saturated heterocycles. The molecule has 2 aromatic rings. The van der Waals surface area contributed by atoms with Crippen LogP contribution >= 0.6 is 0 Å². The highest BCUT2D eigenvalue weighted by Crippen LogP contribution is 2.54. The molecule has 11 heteroatoms. The van der Waals surface area contributed by atoms with E-state index < -0.39 is 56.7 Å². The lowest BCUT2D eigenvalue weighted by Crippen LogP contribution is -2.31. The molecule has 1 saturated carbocycles. The van der Waals surface area contributed by atoms with E-state index in [-0.39, 0.29) is 16.8 Å². The summed E-state index contributed by atoms with van der Waals surface area (Å²) in [4.78, 5) is 12.7. The molecule has 0 radical (unpaired) electrons. The van der Waals surface area contributed by atoms with Gasteiger partial charge in [-0.2, -0.15) is 13.2 Å². The lowest BCUT2D eigenvalue weighted by Gasteiger charge is -2.19. The van der Waals surface area contributed by atoms with Crippen LogP contribution in [0.3, 0.4) is 0 Å². The average Bonchev–Trinajstić information content (AvgIpc) is 3.35. The number of carbonyl (C=O) groups excluding carboxylic acids is 1. The first-order valence-electron chi connectivity index (χ1n) is 9.98. The van der Waals surface area contributed by atoms with E-state index >= 15 is 0 Å². The smallest absolute Gasteiger partial charge is 0.349 e. The van der Waals surface area contributed by atoms with Crippen molar-refractivity contribution in [3.63, 3.8) is 0 Å². The number of nitrogens with one attached hydrogen (secondary N) is 2. The molecule has 33 heavy (non-hydrogen) atoms. The molecule has 2 N–H and O–H groups in total. The maximum Gasteiger partial charge on any atom is 0.419 e. The third kappa shape index (κ3) is 5.29. The number of alkyl halides is 3. The molecule has 0 aliphatic heterocycles. The van der Waals surface area contributed by atoms with Gasteiger partial charge in [-0.15, -0.1) is 0 Å². The highest BCUT2D eigenvalue weighted by atomic mass is 32.2. The highest BCUT2D eigenvalue weighted by Gasteiger charge is 2.56. The summed E-state index contributed by atoms with van der Waals surface area (Å²) in [6.07, 6.45) is -3.57. The Morgan fingerprint density at radius 1 is 1.15 bits per heavy atom. The first kappa shape index (κ1) is 24.9. The lowest BCUT2D eigenvalue weighted by molar-refractivity contribution is -0.140. The van der Waals surface area contributed by atoms with Crippen molar-refractivity contribution < 1.29 is 35.2 Å². The van der Waals surface area contributed by atoms with Crippen molar-refractivity contribution in [3.05, 3.63) is 64.2 Å². The van der Waals surface area contributed by atoms with Gasteiger partial charge in [-0.1, -0.05) is 13.0 Å². The number of hydrogen-bond donors (Lipinski definition) is 2. The van der Waals surface area contributed by atoms with Crippen LogP contribution in [0, 0.1) is 24.5 Å². The molecule has 2 aromatic carbocycles. The van der Waals surface area contributed by atoms with Crippen molar-refractivity contribution in [3.8, 4) is 0 Å². The van der Waals surface area contributed by atoms with Gasteiger partial charge in [0.2, 0.25) is 15.9 Å². The van der Waals surface area contributed by atoms with Gasteiger partial charge in [0.1, 0.15) is 11.6 Å². The van der Waals surface area contributed by atoms with Crippen molar-refractivity contribution in [2.75, 3.05) is 11.0 Å². The van der Waals surface area contributed by atoms with Gasteiger partial charge >= 0.3 is 6.18 Å². The summed E-state index contributed by atoms with van der Waals surface area (Å²) in [5.74, 6) is -3.18. The van der Waals surface area contributed by atoms with Gasteiger partial charge in [0.15, 0.2) is 0 Å². The minimum atomic E-state index is -4.81. The summed E-state index contributed by atoms with van der Waals surface area (Å²) >= 11 is 0. The summed E-state index contributed by atoms with van der Waals surface area (Å²) in [6, 6.07) is 4.31. The Balaban J connectivity index is 1.74. The first-order valence-corrected chi connectivity index (χ1v) is 11.9. The van der Waals surface area contributed by atoms with Crippen molar-refractivity contribution in [1.29, 1.82) is 0 Å². The first-order chi connectivity index (χ1) is 15.0. The van der Waals surface area contributed by atoms with Gasteiger partial charge in [0.25, 0.3) is 0 Å². The Hall–Kier alpha value is -2.69. The van der Waals surface area contributed by atoms with Gasteiger partial charge in [0, 0.05) is 16.9 Å². The fourth-order valence-electron chi connectivity index (χ4n) is 3.90. The molecule has 2 unspecified atom stereocenters. The number of carbonyl (C=O) groups is 1. The zero-order valence-corrected chi connectivity index (χ0v) is 19.1. The van der Waals surface area contributed by atoms with Crippen molar-refractivity contribution in [1.82, 2.24) is 5.32 Å². The SMILES string of the molecule is Cc1cc([C@@H](C)NC(=O)C2CC2(C)c2ccc(C(F)(F)F)c(F)c2)c(F)cc1NS(C)(=O)=O. The monoisotopic (exact) mass is 490 g/mol. The van der Waals surface area contributed by atoms with E-state index in [1.807, 2.05) is 0 Å². The molecular formula is C22H23F5N2O3S. The Morgan fingerprint density at radius 3 is 2.33 bits per heavy atom. The zero-order valence-electron chi connectivity index (χ0n) is 18.3. The maximum absolute atomic E-state index is 14.6. The minimum absolute atomic E-state index is 0.0800. The number of amides is 1. The number of halogens is 5. The van der Waals surface area contributed by atoms with E-state index in [0.717, 1.165) is 18.4 Å². The number of rotatable bonds is 6. The van der Waals surface area contributed by atoms with Gasteiger partial charge in [-0.25, -0.2) is 17.2 Å². The summed E-state index contributed by atoms with van der Waals surface area (Å²) in [6.45, 7) is 4.79. The summed E-state index contributed by atoms with van der Waals surface area (Å²) in [5, 5.41) is 2.68. The molecule has 0 heterocycles. The number of sulfonamides is 1. The van der Waals surface area contributed by atoms with E-state index in [2.05, 4.69) is 10.0 Å². The molecule has 1 fully saturated rings. The Kier molecular flexibility index (Phi) is 6.25. The summed E-state index contributed by atoms with van der Waals surface area (Å²) < 4.78 is 92.0. The Labute approximate surface area is 188 Å². The van der Waals surface area contributed by atoms with Crippen LogP contribution in [0.15, 0.2) is 30.3 Å². The third-order valence-corrected chi connectivity index (χ3v) is 6.54. The fraction of sp³-hybridized carbons (Fsp3) is 0.409. The van der Waals surface area contributed by atoms with Gasteiger partial charge < -0.3 is 5.32 Å². The van der Waals surface area contributed by atoms with E-state index in [1.165, 1.54) is 12.1 Å². The molecule has 0 spiro atoms. The van der Waals surface area contributed by atoms with E-state index in [9.17, 15) is 35.2 Å². The fourth-order valence-corrected chi connectivity index (χ4v) is 4.52. The van der Waals surface area contributed by atoms with E-state index in [0.29, 0.717) is 18.1 Å². The van der Waals surface area contributed by atoms with Crippen LogP contribution in [0.25, 0.3) is 0 Å². The second-order valence-electron chi connectivity index (χ2n) is 8.66. The van der Waals surface area contributed by atoms with Gasteiger partial charge in [-0.3, -0.25) is 9.52 Å². The molecule has 3 atom stereocenters. The molecule has 0 aromatic heterocycles. The largest absolute Gasteiger partial charge is 0.419 e. The number of benzene rings is 2. The molecule has 5 nitrogen and oxygen atoms in total. The third-order valence-electron chi connectivity index (χ3n) is 5.95. The number of aryl methyl sites for hydroxylation is 1. The van der Waals surface area contributed by atoms with Gasteiger partial charge in [0.05, 0.1) is 23.5 Å². The molecule has 1 aliphatic carbocycles.